The van der Waals surface area contributed by atoms with Gasteiger partial charge in [0.15, 0.2) is 12.0 Å². The molecular formula is C16H22N2O7. The van der Waals surface area contributed by atoms with Crippen molar-refractivity contribution < 1.29 is 24.1 Å². The van der Waals surface area contributed by atoms with Gasteiger partial charge in [-0.25, -0.2) is 4.79 Å². The van der Waals surface area contributed by atoms with Crippen molar-refractivity contribution in [2.75, 3.05) is 6.61 Å². The zero-order chi connectivity index (χ0) is 18.4. The number of rotatable bonds is 5. The van der Waals surface area contributed by atoms with Crippen LogP contribution in [0, 0.1) is 0 Å². The Balaban J connectivity index is 1.95. The lowest BCUT2D eigenvalue weighted by atomic mass is 10.1. The molecule has 2 saturated heterocycles. The third kappa shape index (κ3) is 3.45. The highest BCUT2D eigenvalue weighted by Gasteiger charge is 2.55. The molecule has 9 nitrogen and oxygen atoms in total. The summed E-state index contributed by atoms with van der Waals surface area (Å²) in [5.74, 6) is -0.919. The number of aromatic nitrogens is 2. The number of aromatic amines is 1. The molecule has 9 heteroatoms. The molecule has 4 atom stereocenters. The van der Waals surface area contributed by atoms with E-state index in [0.717, 1.165) is 0 Å². The molecule has 25 heavy (non-hydrogen) atoms. The lowest BCUT2D eigenvalue weighted by Crippen LogP contribution is -2.38. The first-order valence-corrected chi connectivity index (χ1v) is 8.17. The van der Waals surface area contributed by atoms with Gasteiger partial charge in [0.05, 0.1) is 6.61 Å². The number of nitrogens with one attached hydrogen (secondary N) is 1. The molecule has 0 saturated carbocycles. The molecule has 138 valence electrons. The maximum absolute atomic E-state index is 12.3. The quantitative estimate of drug-likeness (QED) is 0.729. The van der Waals surface area contributed by atoms with Gasteiger partial charge in [-0.05, 0) is 27.2 Å². The second-order valence-corrected chi connectivity index (χ2v) is 6.84. The molecule has 2 aliphatic rings. The maximum Gasteiger partial charge on any atom is 0.330 e. The Morgan fingerprint density at radius 3 is 2.64 bits per heavy atom. The highest BCUT2D eigenvalue weighted by Crippen LogP contribution is 2.42. The zero-order valence-corrected chi connectivity index (χ0v) is 14.4. The number of hydrogen-bond acceptors (Lipinski definition) is 7. The van der Waals surface area contributed by atoms with Crippen LogP contribution in [0.1, 0.15) is 39.0 Å². The van der Waals surface area contributed by atoms with Gasteiger partial charge < -0.3 is 24.1 Å². The standard InChI is InChI=1S/C16H22N2O7/c1-8(20)4-5-9-6-18(15(22)17-13(9)21)14-12-11(10(7-19)23-14)24-16(2,3)25-12/h6,10-12,14,19H,4-5,7H2,1-3H3,(H,17,21,22). The summed E-state index contributed by atoms with van der Waals surface area (Å²) in [6.45, 7) is 4.63. The van der Waals surface area contributed by atoms with Crippen molar-refractivity contribution in [3.63, 3.8) is 0 Å². The Morgan fingerprint density at radius 2 is 2.00 bits per heavy atom. The number of carbonyl (C=O) groups excluding carboxylic acids is 1. The Hall–Kier alpha value is -1.81. The van der Waals surface area contributed by atoms with Crippen molar-refractivity contribution >= 4 is 5.78 Å². The number of fused-ring (bicyclic) bond motifs is 1. The molecule has 0 radical (unpaired) electrons. The lowest BCUT2D eigenvalue weighted by molar-refractivity contribution is -0.200. The van der Waals surface area contributed by atoms with Crippen molar-refractivity contribution in [3.05, 3.63) is 32.6 Å². The number of ether oxygens (including phenoxy) is 3. The Morgan fingerprint density at radius 1 is 1.32 bits per heavy atom. The van der Waals surface area contributed by atoms with Gasteiger partial charge in [0.2, 0.25) is 0 Å². The van der Waals surface area contributed by atoms with E-state index >= 15 is 0 Å². The summed E-state index contributed by atoms with van der Waals surface area (Å²) in [7, 11) is 0. The molecule has 1 aromatic heterocycles. The van der Waals surface area contributed by atoms with Gasteiger partial charge in [-0.1, -0.05) is 0 Å². The molecule has 2 aliphatic heterocycles. The van der Waals surface area contributed by atoms with E-state index in [1.807, 2.05) is 0 Å². The number of aliphatic hydroxyl groups excluding tert-OH is 1. The van der Waals surface area contributed by atoms with E-state index in [0.29, 0.717) is 5.56 Å². The highest BCUT2D eigenvalue weighted by atomic mass is 16.8. The smallest absolute Gasteiger partial charge is 0.330 e. The first-order chi connectivity index (χ1) is 11.7. The fraction of sp³-hybridized carbons (Fsp3) is 0.688. The van der Waals surface area contributed by atoms with E-state index < -0.39 is 41.6 Å². The van der Waals surface area contributed by atoms with Crippen molar-refractivity contribution in [1.29, 1.82) is 0 Å². The number of H-pyrrole nitrogens is 1. The van der Waals surface area contributed by atoms with E-state index in [1.54, 1.807) is 13.8 Å². The van der Waals surface area contributed by atoms with Gasteiger partial charge in [0, 0.05) is 18.2 Å². The summed E-state index contributed by atoms with van der Waals surface area (Å²) in [6.07, 6.45) is -0.801. The number of nitrogens with zero attached hydrogens (tertiary/aromatic N) is 1. The maximum atomic E-state index is 12.3. The molecule has 2 fully saturated rings. The van der Waals surface area contributed by atoms with E-state index in [1.165, 1.54) is 17.7 Å². The minimum absolute atomic E-state index is 0.0519. The molecule has 4 unspecified atom stereocenters. The Kier molecular flexibility index (Phi) is 4.67. The van der Waals surface area contributed by atoms with Gasteiger partial charge in [0.25, 0.3) is 5.56 Å². The molecule has 0 aliphatic carbocycles. The van der Waals surface area contributed by atoms with Crippen LogP contribution >= 0.6 is 0 Å². The summed E-state index contributed by atoms with van der Waals surface area (Å²) in [4.78, 5) is 37.6. The average Bonchev–Trinajstić information content (AvgIpc) is 2.99. The molecule has 1 aromatic rings. The van der Waals surface area contributed by atoms with Gasteiger partial charge in [-0.15, -0.1) is 0 Å². The van der Waals surface area contributed by atoms with Gasteiger partial charge in [-0.2, -0.15) is 0 Å². The van der Waals surface area contributed by atoms with E-state index in [9.17, 15) is 19.5 Å². The molecule has 0 amide bonds. The molecular weight excluding hydrogens is 332 g/mol. The van der Waals surface area contributed by atoms with Crippen LogP contribution in [0.3, 0.4) is 0 Å². The van der Waals surface area contributed by atoms with Crippen LogP contribution in [0.4, 0.5) is 0 Å². The van der Waals surface area contributed by atoms with E-state index in [-0.39, 0.29) is 25.2 Å². The number of hydrogen-bond donors (Lipinski definition) is 2. The van der Waals surface area contributed by atoms with Crippen LogP contribution in [-0.2, 0) is 25.4 Å². The van der Waals surface area contributed by atoms with Crippen LogP contribution in [-0.4, -0.2) is 51.1 Å². The Labute approximate surface area is 143 Å². The number of aliphatic hydroxyl groups is 1. The zero-order valence-electron chi connectivity index (χ0n) is 14.4. The van der Waals surface area contributed by atoms with Crippen molar-refractivity contribution in [2.45, 2.75) is 63.9 Å². The normalized spacial score (nSPS) is 30.4. The second-order valence-electron chi connectivity index (χ2n) is 6.84. The van der Waals surface area contributed by atoms with E-state index in [4.69, 9.17) is 14.2 Å². The SMILES string of the molecule is CC(=O)CCc1cn(C2OC(CO)C3OC(C)(C)OC32)c(=O)[nH]c1=O. The van der Waals surface area contributed by atoms with Crippen LogP contribution in [0.2, 0.25) is 0 Å². The molecule has 3 rings (SSSR count). The second kappa shape index (κ2) is 6.49. The van der Waals surface area contributed by atoms with Gasteiger partial charge in [0.1, 0.15) is 24.1 Å². The summed E-state index contributed by atoms with van der Waals surface area (Å²) in [5.41, 5.74) is -0.868. The molecule has 2 N–H and O–H groups in total. The highest BCUT2D eigenvalue weighted by molar-refractivity contribution is 5.75. The third-order valence-corrected chi connectivity index (χ3v) is 4.37. The predicted molar refractivity (Wildman–Crippen MR) is 85.1 cm³/mol. The topological polar surface area (TPSA) is 120 Å². The van der Waals surface area contributed by atoms with Crippen LogP contribution in [0.5, 0.6) is 0 Å². The number of carbonyl (C=O) groups is 1. The minimum atomic E-state index is -0.867. The van der Waals surface area contributed by atoms with Crippen LogP contribution in [0.25, 0.3) is 0 Å². The lowest BCUT2D eigenvalue weighted by Gasteiger charge is -2.24. The summed E-state index contributed by atoms with van der Waals surface area (Å²) < 4.78 is 18.6. The fourth-order valence-corrected chi connectivity index (χ4v) is 3.23. The average molecular weight is 354 g/mol. The number of Topliss-reactive ketones (excluding diaryl/α,β-unsaturated/α-hetero) is 1. The van der Waals surface area contributed by atoms with Crippen molar-refractivity contribution in [2.24, 2.45) is 0 Å². The molecule has 3 heterocycles. The molecule has 0 aromatic carbocycles. The largest absolute Gasteiger partial charge is 0.394 e. The third-order valence-electron chi connectivity index (χ3n) is 4.37. The first-order valence-electron chi connectivity index (χ1n) is 8.17. The molecule has 0 bridgehead atoms. The van der Waals surface area contributed by atoms with Crippen LogP contribution in [0.15, 0.2) is 15.8 Å². The molecule has 0 spiro atoms. The first kappa shape index (κ1) is 18.0. The predicted octanol–water partition coefficient (Wildman–Crippen LogP) is -0.532. The fourth-order valence-electron chi connectivity index (χ4n) is 3.23. The summed E-state index contributed by atoms with van der Waals surface area (Å²) in [6, 6.07) is 0. The number of aryl methyl sites for hydroxylation is 1. The number of ketones is 1. The Bertz CT molecular complexity index is 781. The van der Waals surface area contributed by atoms with Crippen molar-refractivity contribution in [1.82, 2.24) is 9.55 Å². The van der Waals surface area contributed by atoms with Crippen LogP contribution < -0.4 is 11.2 Å². The van der Waals surface area contributed by atoms with Gasteiger partial charge in [-0.3, -0.25) is 14.3 Å². The monoisotopic (exact) mass is 354 g/mol. The van der Waals surface area contributed by atoms with Gasteiger partial charge >= 0.3 is 5.69 Å². The summed E-state index contributed by atoms with van der Waals surface area (Å²) in [5, 5.41) is 9.52. The summed E-state index contributed by atoms with van der Waals surface area (Å²) >= 11 is 0. The van der Waals surface area contributed by atoms with Crippen molar-refractivity contribution in [3.8, 4) is 0 Å². The van der Waals surface area contributed by atoms with E-state index in [2.05, 4.69) is 4.98 Å². The minimum Gasteiger partial charge on any atom is -0.394 e.